The summed E-state index contributed by atoms with van der Waals surface area (Å²) in [5.74, 6) is -1.52. The van der Waals surface area contributed by atoms with Crippen LogP contribution in [-0.2, 0) is 9.53 Å². The van der Waals surface area contributed by atoms with Crippen molar-refractivity contribution in [2.24, 2.45) is 5.10 Å². The summed E-state index contributed by atoms with van der Waals surface area (Å²) >= 11 is 0. The Kier molecular flexibility index (Phi) is 5.08. The molecule has 0 aromatic heterocycles. The molecule has 5 nitrogen and oxygen atoms in total. The van der Waals surface area contributed by atoms with Gasteiger partial charge in [-0.1, -0.05) is 42.5 Å². The molecule has 2 aromatic carbocycles. The predicted molar refractivity (Wildman–Crippen MR) is 99.8 cm³/mol. The molecule has 0 N–H and O–H groups in total. The second kappa shape index (κ2) is 7.31. The number of benzene rings is 2. The molecule has 0 saturated carbocycles. The minimum Gasteiger partial charge on any atom is -0.442 e. The average Bonchev–Trinajstić information content (AvgIpc) is 2.62. The maximum Gasteiger partial charge on any atom is 0.438 e. The van der Waals surface area contributed by atoms with Crippen LogP contribution in [-0.4, -0.2) is 28.3 Å². The van der Waals surface area contributed by atoms with Gasteiger partial charge < -0.3 is 4.74 Å². The van der Waals surface area contributed by atoms with Crippen LogP contribution in [0.2, 0.25) is 0 Å². The predicted octanol–water partition coefficient (Wildman–Crippen LogP) is 4.48. The Morgan fingerprint density at radius 3 is 2.33 bits per heavy atom. The number of rotatable bonds is 2. The Bertz CT molecular complexity index is 871. The third-order valence-corrected chi connectivity index (χ3v) is 4.07. The molecule has 6 heteroatoms. The fourth-order valence-electron chi connectivity index (χ4n) is 2.84. The highest BCUT2D eigenvalue weighted by atomic mass is 19.1. The SMILES string of the molecule is CC(C)(C)OC(=O)N1N=C(c2ccccc2)CC(c2ccc(F)cc2)C1=O. The third-order valence-electron chi connectivity index (χ3n) is 4.07. The number of halogens is 1. The molecule has 2 aromatic rings. The Morgan fingerprint density at radius 2 is 1.74 bits per heavy atom. The zero-order valence-electron chi connectivity index (χ0n) is 15.5. The highest BCUT2D eigenvalue weighted by molar-refractivity contribution is 6.09. The van der Waals surface area contributed by atoms with Gasteiger partial charge in [-0.05, 0) is 44.0 Å². The van der Waals surface area contributed by atoms with Crippen molar-refractivity contribution in [3.63, 3.8) is 0 Å². The van der Waals surface area contributed by atoms with Crippen LogP contribution in [0.25, 0.3) is 0 Å². The number of carbonyl (C=O) groups is 2. The number of carbonyl (C=O) groups excluding carboxylic acids is 2. The monoisotopic (exact) mass is 368 g/mol. The molecule has 1 unspecified atom stereocenters. The van der Waals surface area contributed by atoms with E-state index in [0.29, 0.717) is 17.7 Å². The molecular formula is C21H21FN2O3. The molecule has 0 aliphatic carbocycles. The van der Waals surface area contributed by atoms with Crippen molar-refractivity contribution in [3.8, 4) is 0 Å². The lowest BCUT2D eigenvalue weighted by atomic mass is 9.89. The van der Waals surface area contributed by atoms with Crippen LogP contribution in [0.3, 0.4) is 0 Å². The van der Waals surface area contributed by atoms with Crippen LogP contribution in [0.4, 0.5) is 9.18 Å². The number of nitrogens with zero attached hydrogens (tertiary/aromatic N) is 2. The highest BCUT2D eigenvalue weighted by Crippen LogP contribution is 2.30. The number of hydrogen-bond acceptors (Lipinski definition) is 4. The normalized spacial score (nSPS) is 17.5. The molecule has 140 valence electrons. The first-order valence-corrected chi connectivity index (χ1v) is 8.70. The maximum atomic E-state index is 13.3. The lowest BCUT2D eigenvalue weighted by Gasteiger charge is -2.30. The second-order valence-electron chi connectivity index (χ2n) is 7.35. The molecule has 0 fully saturated rings. The number of hydrogen-bond donors (Lipinski definition) is 0. The minimum absolute atomic E-state index is 0.313. The lowest BCUT2D eigenvalue weighted by molar-refractivity contribution is -0.132. The summed E-state index contributed by atoms with van der Waals surface area (Å²) in [6, 6.07) is 15.0. The van der Waals surface area contributed by atoms with Gasteiger partial charge in [-0.3, -0.25) is 4.79 Å². The molecule has 0 bridgehead atoms. The van der Waals surface area contributed by atoms with Crippen molar-refractivity contribution in [1.29, 1.82) is 0 Å². The van der Waals surface area contributed by atoms with Gasteiger partial charge in [0, 0.05) is 6.42 Å². The van der Waals surface area contributed by atoms with Crippen molar-refractivity contribution >= 4 is 17.7 Å². The highest BCUT2D eigenvalue weighted by Gasteiger charge is 2.38. The lowest BCUT2D eigenvalue weighted by Crippen LogP contribution is -2.43. The number of imide groups is 1. The molecule has 0 saturated heterocycles. The summed E-state index contributed by atoms with van der Waals surface area (Å²) in [6.45, 7) is 5.16. The van der Waals surface area contributed by atoms with E-state index < -0.39 is 23.5 Å². The van der Waals surface area contributed by atoms with Gasteiger partial charge >= 0.3 is 6.09 Å². The third kappa shape index (κ3) is 4.39. The summed E-state index contributed by atoms with van der Waals surface area (Å²) in [4.78, 5) is 25.5. The van der Waals surface area contributed by atoms with Gasteiger partial charge in [-0.15, -0.1) is 5.01 Å². The van der Waals surface area contributed by atoms with Crippen LogP contribution in [0.5, 0.6) is 0 Å². The van der Waals surface area contributed by atoms with Gasteiger partial charge in [0.1, 0.15) is 11.4 Å². The molecule has 0 spiro atoms. The van der Waals surface area contributed by atoms with Crippen molar-refractivity contribution in [2.45, 2.75) is 38.7 Å². The molecule has 1 aliphatic heterocycles. The minimum atomic E-state index is -0.826. The smallest absolute Gasteiger partial charge is 0.438 e. The van der Waals surface area contributed by atoms with Gasteiger partial charge in [-0.25, -0.2) is 9.18 Å². The molecule has 3 rings (SSSR count). The first-order chi connectivity index (χ1) is 12.7. The van der Waals surface area contributed by atoms with Crippen LogP contribution in [0, 0.1) is 5.82 Å². The molecular weight excluding hydrogens is 347 g/mol. The quantitative estimate of drug-likeness (QED) is 0.785. The van der Waals surface area contributed by atoms with Crippen molar-refractivity contribution in [3.05, 3.63) is 71.5 Å². The second-order valence-corrected chi connectivity index (χ2v) is 7.35. The van der Waals surface area contributed by atoms with Crippen molar-refractivity contribution in [1.82, 2.24) is 5.01 Å². The van der Waals surface area contributed by atoms with Gasteiger partial charge in [0.2, 0.25) is 0 Å². The van der Waals surface area contributed by atoms with E-state index in [2.05, 4.69) is 5.10 Å². The number of amides is 2. The van der Waals surface area contributed by atoms with E-state index in [0.717, 1.165) is 10.6 Å². The van der Waals surface area contributed by atoms with E-state index in [1.54, 1.807) is 32.9 Å². The van der Waals surface area contributed by atoms with Crippen molar-refractivity contribution in [2.75, 3.05) is 0 Å². The van der Waals surface area contributed by atoms with E-state index >= 15 is 0 Å². The Morgan fingerprint density at radius 1 is 1.11 bits per heavy atom. The molecule has 1 heterocycles. The summed E-state index contributed by atoms with van der Waals surface area (Å²) in [5, 5.41) is 5.05. The first kappa shape index (κ1) is 18.8. The van der Waals surface area contributed by atoms with Gasteiger partial charge in [0.05, 0.1) is 11.6 Å². The van der Waals surface area contributed by atoms with Gasteiger partial charge in [0.25, 0.3) is 5.91 Å². The fraction of sp³-hybridized carbons (Fsp3) is 0.286. The van der Waals surface area contributed by atoms with E-state index in [1.807, 2.05) is 30.3 Å². The summed E-state index contributed by atoms with van der Waals surface area (Å²) in [7, 11) is 0. The molecule has 1 aliphatic rings. The fourth-order valence-corrected chi connectivity index (χ4v) is 2.84. The topological polar surface area (TPSA) is 59.0 Å². The van der Waals surface area contributed by atoms with Gasteiger partial charge in [-0.2, -0.15) is 5.10 Å². The summed E-state index contributed by atoms with van der Waals surface area (Å²) < 4.78 is 18.6. The van der Waals surface area contributed by atoms with E-state index in [4.69, 9.17) is 4.74 Å². The Labute approximate surface area is 157 Å². The maximum absolute atomic E-state index is 13.3. The largest absolute Gasteiger partial charge is 0.442 e. The number of hydrazone groups is 1. The zero-order chi connectivity index (χ0) is 19.6. The molecule has 27 heavy (non-hydrogen) atoms. The number of ether oxygens (including phenoxy) is 1. The van der Waals surface area contributed by atoms with Crippen LogP contribution in [0.15, 0.2) is 59.7 Å². The summed E-state index contributed by atoms with van der Waals surface area (Å²) in [5.41, 5.74) is 1.27. The van der Waals surface area contributed by atoms with Crippen LogP contribution in [0.1, 0.15) is 44.2 Å². The van der Waals surface area contributed by atoms with E-state index in [9.17, 15) is 14.0 Å². The standard InChI is InChI=1S/C21H21FN2O3/c1-21(2,3)27-20(26)24-19(25)17(14-9-11-16(22)12-10-14)13-18(23-24)15-7-5-4-6-8-15/h4-12,17H,13H2,1-3H3. The Hall–Kier alpha value is -3.02. The van der Waals surface area contributed by atoms with E-state index in [1.165, 1.54) is 12.1 Å². The Balaban J connectivity index is 2.00. The van der Waals surface area contributed by atoms with Crippen LogP contribution >= 0.6 is 0 Å². The molecule has 1 atom stereocenters. The van der Waals surface area contributed by atoms with Crippen LogP contribution < -0.4 is 0 Å². The van der Waals surface area contributed by atoms with E-state index in [-0.39, 0.29) is 5.82 Å². The van der Waals surface area contributed by atoms with Crippen molar-refractivity contribution < 1.29 is 18.7 Å². The van der Waals surface area contributed by atoms with Gasteiger partial charge in [0.15, 0.2) is 0 Å². The average molecular weight is 368 g/mol. The molecule has 0 radical (unpaired) electrons. The summed E-state index contributed by atoms with van der Waals surface area (Å²) in [6.07, 6.45) is -0.513. The first-order valence-electron chi connectivity index (χ1n) is 8.70. The molecule has 2 amide bonds. The zero-order valence-corrected chi connectivity index (χ0v) is 15.5.